The zero-order valence-electron chi connectivity index (χ0n) is 17.5. The van der Waals surface area contributed by atoms with E-state index >= 15 is 0 Å². The second-order valence-corrected chi connectivity index (χ2v) is 8.22. The summed E-state index contributed by atoms with van der Waals surface area (Å²) in [6, 6.07) is 9.69. The first kappa shape index (κ1) is 19.7. The average molecular weight is 422 g/mol. The Bertz CT molecular complexity index is 1120. The van der Waals surface area contributed by atoms with Crippen LogP contribution in [0.15, 0.2) is 41.3 Å². The number of fused-ring (bicyclic) bond motifs is 1. The Kier molecular flexibility index (Phi) is 5.42. The summed E-state index contributed by atoms with van der Waals surface area (Å²) in [5.74, 6) is 0.786. The predicted octanol–water partition coefficient (Wildman–Crippen LogP) is 1.24. The molecule has 162 valence electrons. The minimum atomic E-state index is -0.188. The number of aromatic nitrogens is 4. The van der Waals surface area contributed by atoms with Crippen LogP contribution in [0, 0.1) is 0 Å². The Morgan fingerprint density at radius 2 is 1.77 bits per heavy atom. The normalized spacial score (nSPS) is 17.9. The number of nitrogens with one attached hydrogen (secondary N) is 1. The molecule has 3 aromatic rings. The average Bonchev–Trinajstić information content (AvgIpc) is 3.42. The second-order valence-electron chi connectivity index (χ2n) is 8.22. The number of nitrogens with zero attached hydrogens (tertiary/aromatic N) is 6. The molecule has 0 unspecified atom stereocenters. The van der Waals surface area contributed by atoms with Gasteiger partial charge in [0.2, 0.25) is 11.9 Å². The van der Waals surface area contributed by atoms with Crippen molar-refractivity contribution in [2.24, 2.45) is 0 Å². The largest absolute Gasteiger partial charge is 0.342 e. The molecule has 2 saturated heterocycles. The van der Waals surface area contributed by atoms with E-state index in [1.165, 1.54) is 0 Å². The van der Waals surface area contributed by atoms with Crippen LogP contribution in [0.3, 0.4) is 0 Å². The number of rotatable bonds is 4. The first-order chi connectivity index (χ1) is 15.2. The summed E-state index contributed by atoms with van der Waals surface area (Å²) in [4.78, 5) is 39.2. The molecule has 2 fully saturated rings. The van der Waals surface area contributed by atoms with Crippen LogP contribution in [0.2, 0.25) is 0 Å². The van der Waals surface area contributed by atoms with E-state index < -0.39 is 0 Å². The smallest absolute Gasteiger partial charge is 0.263 e. The molecule has 0 aliphatic carbocycles. The van der Waals surface area contributed by atoms with Crippen LogP contribution in [0.1, 0.15) is 19.3 Å². The summed E-state index contributed by atoms with van der Waals surface area (Å²) in [7, 11) is 0. The molecule has 0 atom stereocenters. The first-order valence-corrected chi connectivity index (χ1v) is 11.0. The maximum atomic E-state index is 12.7. The maximum absolute atomic E-state index is 12.7. The molecule has 5 rings (SSSR count). The summed E-state index contributed by atoms with van der Waals surface area (Å²) >= 11 is 0. The highest BCUT2D eigenvalue weighted by Crippen LogP contribution is 2.17. The van der Waals surface area contributed by atoms with Crippen molar-refractivity contribution >= 4 is 22.9 Å². The lowest BCUT2D eigenvalue weighted by Gasteiger charge is -2.24. The van der Waals surface area contributed by atoms with Crippen molar-refractivity contribution in [2.45, 2.75) is 19.3 Å². The van der Waals surface area contributed by atoms with Gasteiger partial charge in [0.05, 0.1) is 18.4 Å². The quantitative estimate of drug-likeness (QED) is 0.682. The SMILES string of the molecule is O=C(CN1CCCN(c2nc3c(cnn3-c3ccccc3)c(=O)[nH]2)CC1)N1CCCC1. The van der Waals surface area contributed by atoms with Crippen molar-refractivity contribution in [3.05, 3.63) is 46.9 Å². The Morgan fingerprint density at radius 1 is 0.968 bits per heavy atom. The van der Waals surface area contributed by atoms with Crippen molar-refractivity contribution in [1.29, 1.82) is 0 Å². The van der Waals surface area contributed by atoms with Gasteiger partial charge in [0.15, 0.2) is 5.65 Å². The third-order valence-corrected chi connectivity index (χ3v) is 6.13. The zero-order valence-corrected chi connectivity index (χ0v) is 17.5. The number of hydrogen-bond donors (Lipinski definition) is 1. The van der Waals surface area contributed by atoms with Gasteiger partial charge in [0.25, 0.3) is 5.56 Å². The van der Waals surface area contributed by atoms with Crippen LogP contribution >= 0.6 is 0 Å². The molecule has 2 aliphatic rings. The predicted molar refractivity (Wildman–Crippen MR) is 119 cm³/mol. The second kappa shape index (κ2) is 8.50. The maximum Gasteiger partial charge on any atom is 0.263 e. The molecule has 31 heavy (non-hydrogen) atoms. The van der Waals surface area contributed by atoms with E-state index in [0.717, 1.165) is 57.7 Å². The van der Waals surface area contributed by atoms with Crippen LogP contribution in [0.4, 0.5) is 5.95 Å². The fraction of sp³-hybridized carbons (Fsp3) is 0.455. The molecule has 9 heteroatoms. The van der Waals surface area contributed by atoms with Gasteiger partial charge in [0.1, 0.15) is 5.39 Å². The fourth-order valence-corrected chi connectivity index (χ4v) is 4.41. The van der Waals surface area contributed by atoms with E-state index in [-0.39, 0.29) is 11.5 Å². The minimum Gasteiger partial charge on any atom is -0.342 e. The van der Waals surface area contributed by atoms with Gasteiger partial charge in [-0.05, 0) is 31.4 Å². The number of benzene rings is 1. The summed E-state index contributed by atoms with van der Waals surface area (Å²) in [6.07, 6.45) is 4.69. The van der Waals surface area contributed by atoms with E-state index in [1.54, 1.807) is 10.9 Å². The van der Waals surface area contributed by atoms with Crippen LogP contribution in [0.25, 0.3) is 16.7 Å². The third kappa shape index (κ3) is 4.05. The number of para-hydroxylation sites is 1. The lowest BCUT2D eigenvalue weighted by molar-refractivity contribution is -0.131. The highest BCUT2D eigenvalue weighted by atomic mass is 16.2. The number of H-pyrrole nitrogens is 1. The van der Waals surface area contributed by atoms with Crippen molar-refractivity contribution in [2.75, 3.05) is 50.7 Å². The van der Waals surface area contributed by atoms with E-state index in [0.29, 0.717) is 30.1 Å². The highest BCUT2D eigenvalue weighted by Gasteiger charge is 2.23. The molecule has 0 radical (unpaired) electrons. The van der Waals surface area contributed by atoms with Crippen molar-refractivity contribution in [1.82, 2.24) is 29.5 Å². The van der Waals surface area contributed by atoms with Crippen molar-refractivity contribution in [3.8, 4) is 5.69 Å². The highest BCUT2D eigenvalue weighted by molar-refractivity contribution is 5.78. The van der Waals surface area contributed by atoms with Crippen LogP contribution < -0.4 is 10.5 Å². The van der Waals surface area contributed by atoms with Gasteiger partial charge in [-0.2, -0.15) is 10.1 Å². The van der Waals surface area contributed by atoms with Crippen LogP contribution in [-0.4, -0.2) is 81.3 Å². The zero-order chi connectivity index (χ0) is 21.2. The van der Waals surface area contributed by atoms with E-state index in [9.17, 15) is 9.59 Å². The van der Waals surface area contributed by atoms with E-state index in [4.69, 9.17) is 4.98 Å². The van der Waals surface area contributed by atoms with E-state index in [2.05, 4.69) is 19.9 Å². The van der Waals surface area contributed by atoms with Gasteiger partial charge in [-0.3, -0.25) is 19.5 Å². The molecule has 2 aromatic heterocycles. The summed E-state index contributed by atoms with van der Waals surface area (Å²) < 4.78 is 1.70. The standard InChI is InChI=1S/C22H27N7O2/c30-19(27-10-4-5-11-27)16-26-9-6-12-28(14-13-26)22-24-20-18(21(31)25-22)15-23-29(20)17-7-2-1-3-8-17/h1-3,7-8,15H,4-6,9-14,16H2,(H,24,25,31). The molecule has 1 N–H and O–H groups in total. The van der Waals surface area contributed by atoms with E-state index in [1.807, 2.05) is 35.2 Å². The monoisotopic (exact) mass is 421 g/mol. The number of amides is 1. The Balaban J connectivity index is 1.34. The lowest BCUT2D eigenvalue weighted by Crippen LogP contribution is -2.40. The Morgan fingerprint density at radius 3 is 2.58 bits per heavy atom. The van der Waals surface area contributed by atoms with Crippen LogP contribution in [-0.2, 0) is 4.79 Å². The van der Waals surface area contributed by atoms with Gasteiger partial charge in [-0.1, -0.05) is 18.2 Å². The lowest BCUT2D eigenvalue weighted by atomic mass is 10.3. The molecular formula is C22H27N7O2. The number of hydrogen-bond acceptors (Lipinski definition) is 6. The summed E-state index contributed by atoms with van der Waals surface area (Å²) in [6.45, 7) is 5.36. The molecule has 0 bridgehead atoms. The Hall–Kier alpha value is -3.20. The number of likely N-dealkylation sites (tertiary alicyclic amines) is 1. The number of anilines is 1. The van der Waals surface area contributed by atoms with Gasteiger partial charge < -0.3 is 9.80 Å². The molecular weight excluding hydrogens is 394 g/mol. The molecule has 9 nitrogen and oxygen atoms in total. The molecule has 0 spiro atoms. The fourth-order valence-electron chi connectivity index (χ4n) is 4.41. The minimum absolute atomic E-state index is 0.188. The third-order valence-electron chi connectivity index (χ3n) is 6.13. The van der Waals surface area contributed by atoms with Gasteiger partial charge in [-0.15, -0.1) is 0 Å². The molecule has 4 heterocycles. The number of carbonyl (C=O) groups is 1. The molecule has 2 aliphatic heterocycles. The van der Waals surface area contributed by atoms with Crippen molar-refractivity contribution in [3.63, 3.8) is 0 Å². The Labute approximate surface area is 180 Å². The van der Waals surface area contributed by atoms with Gasteiger partial charge in [-0.25, -0.2) is 4.68 Å². The van der Waals surface area contributed by atoms with Crippen LogP contribution in [0.5, 0.6) is 0 Å². The molecule has 0 saturated carbocycles. The summed E-state index contributed by atoms with van der Waals surface area (Å²) in [5, 5.41) is 4.85. The van der Waals surface area contributed by atoms with Crippen molar-refractivity contribution < 1.29 is 4.79 Å². The topological polar surface area (TPSA) is 90.4 Å². The van der Waals surface area contributed by atoms with Gasteiger partial charge in [0, 0.05) is 39.3 Å². The number of carbonyl (C=O) groups excluding carboxylic acids is 1. The van der Waals surface area contributed by atoms with Gasteiger partial charge >= 0.3 is 0 Å². The molecule has 1 aromatic carbocycles. The summed E-state index contributed by atoms with van der Waals surface area (Å²) in [5.41, 5.74) is 1.23. The number of aromatic amines is 1. The molecule has 1 amide bonds. The first-order valence-electron chi connectivity index (χ1n) is 11.0.